The Hall–Kier alpha value is -2.45. The minimum Gasteiger partial charge on any atom is -0.396 e. The van der Waals surface area contributed by atoms with Crippen LogP contribution in [-0.2, 0) is 25.7 Å². The Morgan fingerprint density at radius 2 is 1.81 bits per heavy atom. The lowest BCUT2D eigenvalue weighted by molar-refractivity contribution is -0.146. The van der Waals surface area contributed by atoms with Crippen LogP contribution in [0.2, 0.25) is 0 Å². The summed E-state index contributed by atoms with van der Waals surface area (Å²) in [7, 11) is 0. The number of nitrogens with zero attached hydrogens (tertiary/aromatic N) is 1. The van der Waals surface area contributed by atoms with E-state index < -0.39 is 29.1 Å². The van der Waals surface area contributed by atoms with Crippen molar-refractivity contribution >= 4 is 17.7 Å². The molecular formula is C29H41N3O5. The summed E-state index contributed by atoms with van der Waals surface area (Å²) in [6.07, 6.45) is 8.69. The molecule has 37 heavy (non-hydrogen) atoms. The third kappa shape index (κ3) is 4.78. The van der Waals surface area contributed by atoms with Crippen LogP contribution in [0.1, 0.15) is 76.7 Å². The highest BCUT2D eigenvalue weighted by molar-refractivity contribution is 5.99. The number of fused-ring (bicyclic) bond motifs is 1. The van der Waals surface area contributed by atoms with Crippen LogP contribution in [0.5, 0.6) is 0 Å². The summed E-state index contributed by atoms with van der Waals surface area (Å²) >= 11 is 0. The van der Waals surface area contributed by atoms with Gasteiger partial charge in [-0.25, -0.2) is 0 Å². The standard InChI is InChI=1S/C29H41N3O5/c1-28-15-16-29(37-28)23(22(28)25(34)30-19-20-11-5-2-6-12-20)27(36)32(17-9-4-10-18-33)24(29)26(35)31-21-13-7-3-8-14-21/h2,5-6,11-12,21-24,33H,3-4,7-10,13-19H2,1H3,(H,30,34)(H,31,35)/t22-,23-,24?,28+,29?/m0/s1. The van der Waals surface area contributed by atoms with Crippen molar-refractivity contribution < 1.29 is 24.2 Å². The molecule has 5 rings (SSSR count). The van der Waals surface area contributed by atoms with E-state index in [1.54, 1.807) is 4.90 Å². The molecule has 3 heterocycles. The smallest absolute Gasteiger partial charge is 0.246 e. The molecule has 3 amide bonds. The Bertz CT molecular complexity index is 997. The average molecular weight is 512 g/mol. The molecule has 0 aromatic heterocycles. The van der Waals surface area contributed by atoms with E-state index in [1.807, 2.05) is 37.3 Å². The second kappa shape index (κ2) is 10.7. The molecule has 2 unspecified atom stereocenters. The second-order valence-electron chi connectivity index (χ2n) is 11.6. The summed E-state index contributed by atoms with van der Waals surface area (Å²) in [5, 5.41) is 15.5. The Balaban J connectivity index is 1.39. The lowest BCUT2D eigenvalue weighted by atomic mass is 9.66. The van der Waals surface area contributed by atoms with Gasteiger partial charge < -0.3 is 25.4 Å². The molecule has 0 radical (unpaired) electrons. The van der Waals surface area contributed by atoms with Crippen molar-refractivity contribution in [2.75, 3.05) is 13.2 Å². The van der Waals surface area contributed by atoms with Crippen molar-refractivity contribution in [2.24, 2.45) is 11.8 Å². The fourth-order valence-electron chi connectivity index (χ4n) is 7.36. The average Bonchev–Trinajstić information content (AvgIpc) is 3.47. The maximum Gasteiger partial charge on any atom is 0.246 e. The molecule has 1 aliphatic carbocycles. The van der Waals surface area contributed by atoms with E-state index in [0.29, 0.717) is 38.8 Å². The van der Waals surface area contributed by atoms with Crippen molar-refractivity contribution in [1.82, 2.24) is 15.5 Å². The minimum absolute atomic E-state index is 0.108. The van der Waals surface area contributed by atoms with E-state index in [1.165, 1.54) is 6.42 Å². The van der Waals surface area contributed by atoms with E-state index in [4.69, 9.17) is 4.74 Å². The van der Waals surface area contributed by atoms with Crippen LogP contribution >= 0.6 is 0 Å². The molecule has 4 fully saturated rings. The molecule has 5 atom stereocenters. The number of rotatable bonds is 10. The normalized spacial score (nSPS) is 33.0. The summed E-state index contributed by atoms with van der Waals surface area (Å²) in [5.41, 5.74) is -0.753. The SMILES string of the molecule is C[C@]12CCC3(O1)C(C(=O)NC1CCCCC1)N(CCCCCO)C(=O)[C@@H]3[C@H]2C(=O)NCc1ccccc1. The monoisotopic (exact) mass is 511 g/mol. The van der Waals surface area contributed by atoms with Crippen LogP contribution < -0.4 is 10.6 Å². The molecule has 2 bridgehead atoms. The number of aliphatic hydroxyl groups excluding tert-OH is 1. The van der Waals surface area contributed by atoms with Crippen molar-refractivity contribution in [3.8, 4) is 0 Å². The molecule has 1 aromatic carbocycles. The molecule has 3 aliphatic heterocycles. The van der Waals surface area contributed by atoms with Crippen molar-refractivity contribution in [3.05, 3.63) is 35.9 Å². The van der Waals surface area contributed by atoms with E-state index in [9.17, 15) is 19.5 Å². The highest BCUT2D eigenvalue weighted by Gasteiger charge is 2.77. The first kappa shape index (κ1) is 26.2. The summed E-state index contributed by atoms with van der Waals surface area (Å²) in [4.78, 5) is 43.2. The molecular weight excluding hydrogens is 470 g/mol. The molecule has 8 nitrogen and oxygen atoms in total. The zero-order chi connectivity index (χ0) is 26.0. The topological polar surface area (TPSA) is 108 Å². The number of ether oxygens (including phenoxy) is 1. The number of carbonyl (C=O) groups excluding carboxylic acids is 3. The van der Waals surface area contributed by atoms with Gasteiger partial charge in [-0.3, -0.25) is 14.4 Å². The Labute approximate surface area is 219 Å². The van der Waals surface area contributed by atoms with Gasteiger partial charge in [0.05, 0.1) is 17.4 Å². The zero-order valence-corrected chi connectivity index (χ0v) is 21.9. The highest BCUT2D eigenvalue weighted by atomic mass is 16.5. The largest absolute Gasteiger partial charge is 0.396 e. The van der Waals surface area contributed by atoms with Crippen molar-refractivity contribution in [3.63, 3.8) is 0 Å². The second-order valence-corrected chi connectivity index (χ2v) is 11.6. The van der Waals surface area contributed by atoms with Crippen LogP contribution in [0, 0.1) is 11.8 Å². The van der Waals surface area contributed by atoms with Gasteiger partial charge in [-0.2, -0.15) is 0 Å². The zero-order valence-electron chi connectivity index (χ0n) is 21.9. The van der Waals surface area contributed by atoms with Gasteiger partial charge >= 0.3 is 0 Å². The van der Waals surface area contributed by atoms with Gasteiger partial charge in [-0.05, 0) is 57.4 Å². The highest BCUT2D eigenvalue weighted by Crippen LogP contribution is 2.63. The number of likely N-dealkylation sites (tertiary alicyclic amines) is 1. The number of amides is 3. The van der Waals surface area contributed by atoms with Gasteiger partial charge in [0.25, 0.3) is 0 Å². The predicted molar refractivity (Wildman–Crippen MR) is 138 cm³/mol. The number of carbonyl (C=O) groups is 3. The predicted octanol–water partition coefficient (Wildman–Crippen LogP) is 2.68. The van der Waals surface area contributed by atoms with Crippen LogP contribution in [0.15, 0.2) is 30.3 Å². The molecule has 3 N–H and O–H groups in total. The van der Waals surface area contributed by atoms with Crippen LogP contribution in [0.3, 0.4) is 0 Å². The molecule has 1 spiro atoms. The summed E-state index contributed by atoms with van der Waals surface area (Å²) < 4.78 is 6.68. The van der Waals surface area contributed by atoms with Crippen molar-refractivity contribution in [2.45, 2.75) is 101 Å². The van der Waals surface area contributed by atoms with E-state index in [-0.39, 0.29) is 30.4 Å². The number of unbranched alkanes of at least 4 members (excludes halogenated alkanes) is 2. The van der Waals surface area contributed by atoms with E-state index in [2.05, 4.69) is 10.6 Å². The van der Waals surface area contributed by atoms with Gasteiger partial charge in [-0.15, -0.1) is 0 Å². The first-order valence-electron chi connectivity index (χ1n) is 14.1. The quantitative estimate of drug-likeness (QED) is 0.419. The van der Waals surface area contributed by atoms with Crippen LogP contribution in [-0.4, -0.2) is 64.2 Å². The van der Waals surface area contributed by atoms with Gasteiger partial charge in [0.15, 0.2) is 0 Å². The van der Waals surface area contributed by atoms with E-state index >= 15 is 0 Å². The van der Waals surface area contributed by atoms with Gasteiger partial charge in [0.1, 0.15) is 11.6 Å². The third-order valence-electron chi connectivity index (χ3n) is 9.13. The van der Waals surface area contributed by atoms with Crippen LogP contribution in [0.25, 0.3) is 0 Å². The number of aliphatic hydroxyl groups is 1. The van der Waals surface area contributed by atoms with Crippen LogP contribution in [0.4, 0.5) is 0 Å². The number of hydrogen-bond acceptors (Lipinski definition) is 5. The summed E-state index contributed by atoms with van der Waals surface area (Å²) in [6, 6.07) is 9.12. The first-order chi connectivity index (χ1) is 17.9. The molecule has 8 heteroatoms. The van der Waals surface area contributed by atoms with Crippen molar-refractivity contribution in [1.29, 1.82) is 0 Å². The van der Waals surface area contributed by atoms with E-state index in [0.717, 1.165) is 37.7 Å². The Kier molecular flexibility index (Phi) is 7.59. The van der Waals surface area contributed by atoms with Gasteiger partial charge in [0.2, 0.25) is 17.7 Å². The Morgan fingerprint density at radius 3 is 2.54 bits per heavy atom. The van der Waals surface area contributed by atoms with Gasteiger partial charge in [0, 0.05) is 25.7 Å². The number of hydrogen-bond donors (Lipinski definition) is 3. The third-order valence-corrected chi connectivity index (χ3v) is 9.13. The number of nitrogens with one attached hydrogen (secondary N) is 2. The number of benzene rings is 1. The lowest BCUT2D eigenvalue weighted by Crippen LogP contribution is -2.57. The first-order valence-corrected chi connectivity index (χ1v) is 14.1. The minimum atomic E-state index is -0.976. The summed E-state index contributed by atoms with van der Waals surface area (Å²) in [6.45, 7) is 2.86. The molecule has 1 saturated carbocycles. The maximum absolute atomic E-state index is 14.0. The summed E-state index contributed by atoms with van der Waals surface area (Å²) in [5.74, 6) is -1.76. The maximum atomic E-state index is 14.0. The molecule has 3 saturated heterocycles. The van der Waals surface area contributed by atoms with Gasteiger partial charge in [-0.1, -0.05) is 49.6 Å². The fourth-order valence-corrected chi connectivity index (χ4v) is 7.36. The Morgan fingerprint density at radius 1 is 1.05 bits per heavy atom. The molecule has 1 aromatic rings. The lowest BCUT2D eigenvalue weighted by Gasteiger charge is -2.35. The molecule has 4 aliphatic rings. The fraction of sp³-hybridized carbons (Fsp3) is 0.690. The molecule has 202 valence electrons.